The number of nitrogens with one attached hydrogen (secondary N) is 1. The van der Waals surface area contributed by atoms with Gasteiger partial charge in [-0.1, -0.05) is 18.2 Å². The first kappa shape index (κ1) is 21.2. The van der Waals surface area contributed by atoms with Gasteiger partial charge in [0, 0.05) is 37.8 Å². The summed E-state index contributed by atoms with van der Waals surface area (Å²) in [5.74, 6) is -0.657. The van der Waals surface area contributed by atoms with Crippen molar-refractivity contribution in [2.75, 3.05) is 39.0 Å². The summed E-state index contributed by atoms with van der Waals surface area (Å²) < 4.78 is 24.6. The predicted molar refractivity (Wildman–Crippen MR) is 110 cm³/mol. The van der Waals surface area contributed by atoms with E-state index in [4.69, 9.17) is 5.73 Å². The van der Waals surface area contributed by atoms with Gasteiger partial charge in [-0.3, -0.25) is 14.6 Å². The summed E-state index contributed by atoms with van der Waals surface area (Å²) in [6.07, 6.45) is 2.92. The molecule has 0 unspecified atom stereocenters. The van der Waals surface area contributed by atoms with Crippen molar-refractivity contribution in [1.82, 2.24) is 19.5 Å². The Morgan fingerprint density at radius 2 is 1.90 bits per heavy atom. The average molecular weight is 420 g/mol. The van der Waals surface area contributed by atoms with Crippen molar-refractivity contribution in [3.63, 3.8) is 0 Å². The van der Waals surface area contributed by atoms with E-state index in [-0.39, 0.29) is 45.1 Å². The number of piperazine rings is 1. The van der Waals surface area contributed by atoms with Crippen LogP contribution in [-0.4, -0.2) is 79.4 Å². The van der Waals surface area contributed by atoms with Crippen LogP contribution < -0.4 is 11.1 Å². The Kier molecular flexibility index (Phi) is 6.46. The summed E-state index contributed by atoms with van der Waals surface area (Å²) in [4.78, 5) is 31.4. The van der Waals surface area contributed by atoms with Crippen LogP contribution in [0.3, 0.4) is 0 Å². The first-order chi connectivity index (χ1) is 13.8. The Labute approximate surface area is 169 Å². The fourth-order valence-electron chi connectivity index (χ4n) is 3.32. The van der Waals surface area contributed by atoms with Gasteiger partial charge in [0.2, 0.25) is 15.9 Å². The van der Waals surface area contributed by atoms with Gasteiger partial charge in [0.25, 0.3) is 5.91 Å². The molecule has 1 aliphatic rings. The lowest BCUT2D eigenvalue weighted by atomic mass is 10.1. The molecule has 1 aromatic heterocycles. The van der Waals surface area contributed by atoms with Crippen LogP contribution in [0.25, 0.3) is 10.9 Å². The molecule has 1 fully saturated rings. The van der Waals surface area contributed by atoms with E-state index in [1.165, 1.54) is 10.5 Å². The van der Waals surface area contributed by atoms with Crippen LogP contribution >= 0.6 is 0 Å². The van der Waals surface area contributed by atoms with Gasteiger partial charge in [0.15, 0.2) is 0 Å². The SMILES string of the molecule is CS(=O)(=O)N1CCN(C(=O)[C@H](CCN)NC(=O)c2cnc3ccccc3c2)CC1. The Balaban J connectivity index is 1.68. The largest absolute Gasteiger partial charge is 0.340 e. The Morgan fingerprint density at radius 3 is 2.55 bits per heavy atom. The zero-order valence-electron chi connectivity index (χ0n) is 16.2. The molecule has 3 rings (SSSR count). The van der Waals surface area contributed by atoms with Gasteiger partial charge in [-0.25, -0.2) is 8.42 Å². The molecule has 1 atom stereocenters. The first-order valence-corrected chi connectivity index (χ1v) is 11.2. The Morgan fingerprint density at radius 1 is 1.21 bits per heavy atom. The van der Waals surface area contributed by atoms with Gasteiger partial charge in [0.1, 0.15) is 6.04 Å². The smallest absolute Gasteiger partial charge is 0.253 e. The van der Waals surface area contributed by atoms with Crippen LogP contribution in [0.1, 0.15) is 16.8 Å². The molecule has 156 valence electrons. The van der Waals surface area contributed by atoms with Crippen LogP contribution in [0.4, 0.5) is 0 Å². The molecule has 0 aliphatic carbocycles. The van der Waals surface area contributed by atoms with E-state index in [1.54, 1.807) is 11.0 Å². The number of rotatable bonds is 6. The molecular weight excluding hydrogens is 394 g/mol. The number of pyridine rings is 1. The average Bonchev–Trinajstić information content (AvgIpc) is 2.72. The van der Waals surface area contributed by atoms with Crippen molar-refractivity contribution in [2.24, 2.45) is 5.73 Å². The number of aromatic nitrogens is 1. The van der Waals surface area contributed by atoms with Crippen molar-refractivity contribution in [2.45, 2.75) is 12.5 Å². The summed E-state index contributed by atoms with van der Waals surface area (Å²) in [7, 11) is -3.28. The van der Waals surface area contributed by atoms with Crippen molar-refractivity contribution in [3.8, 4) is 0 Å². The van der Waals surface area contributed by atoms with Crippen molar-refractivity contribution in [3.05, 3.63) is 42.1 Å². The molecule has 10 heteroatoms. The highest BCUT2D eigenvalue weighted by Crippen LogP contribution is 2.14. The van der Waals surface area contributed by atoms with E-state index in [1.807, 2.05) is 24.3 Å². The van der Waals surface area contributed by atoms with Crippen molar-refractivity contribution < 1.29 is 18.0 Å². The number of sulfonamides is 1. The second-order valence-corrected chi connectivity index (χ2v) is 8.99. The fraction of sp³-hybridized carbons (Fsp3) is 0.421. The van der Waals surface area contributed by atoms with E-state index in [0.717, 1.165) is 17.2 Å². The molecule has 0 saturated carbocycles. The lowest BCUT2D eigenvalue weighted by Crippen LogP contribution is -2.56. The molecule has 2 aromatic rings. The summed E-state index contributed by atoms with van der Waals surface area (Å²) in [6, 6.07) is 8.41. The van der Waals surface area contributed by atoms with Crippen LogP contribution in [0.2, 0.25) is 0 Å². The second kappa shape index (κ2) is 8.85. The molecule has 2 amide bonds. The zero-order chi connectivity index (χ0) is 21.0. The minimum atomic E-state index is -3.28. The minimum absolute atomic E-state index is 0.232. The lowest BCUT2D eigenvalue weighted by Gasteiger charge is -2.35. The zero-order valence-corrected chi connectivity index (χ0v) is 17.1. The van der Waals surface area contributed by atoms with Crippen LogP contribution in [-0.2, 0) is 14.8 Å². The highest BCUT2D eigenvalue weighted by Gasteiger charge is 2.30. The van der Waals surface area contributed by atoms with E-state index in [2.05, 4.69) is 10.3 Å². The first-order valence-electron chi connectivity index (χ1n) is 9.39. The molecule has 3 N–H and O–H groups in total. The summed E-state index contributed by atoms with van der Waals surface area (Å²) in [5.41, 5.74) is 6.78. The number of benzene rings is 1. The third kappa shape index (κ3) is 5.08. The second-order valence-electron chi connectivity index (χ2n) is 7.01. The molecule has 1 aromatic carbocycles. The number of hydrogen-bond acceptors (Lipinski definition) is 6. The molecular formula is C19H25N5O4S. The summed E-state index contributed by atoms with van der Waals surface area (Å²) >= 11 is 0. The summed E-state index contributed by atoms with van der Waals surface area (Å²) in [6.45, 7) is 1.27. The molecule has 9 nitrogen and oxygen atoms in total. The maximum Gasteiger partial charge on any atom is 0.253 e. The molecule has 0 radical (unpaired) electrons. The van der Waals surface area contributed by atoms with Crippen LogP contribution in [0.15, 0.2) is 36.5 Å². The number of fused-ring (bicyclic) bond motifs is 1. The number of carbonyl (C=O) groups is 2. The maximum atomic E-state index is 12.9. The Bertz CT molecular complexity index is 1000. The number of nitrogens with zero attached hydrogens (tertiary/aromatic N) is 3. The van der Waals surface area contributed by atoms with Gasteiger partial charge >= 0.3 is 0 Å². The predicted octanol–water partition coefficient (Wildman–Crippen LogP) is -0.214. The van der Waals surface area contributed by atoms with Gasteiger partial charge in [0.05, 0.1) is 17.3 Å². The quantitative estimate of drug-likeness (QED) is 0.667. The highest BCUT2D eigenvalue weighted by molar-refractivity contribution is 7.88. The molecule has 1 saturated heterocycles. The molecule has 0 spiro atoms. The standard InChI is InChI=1S/C19H25N5O4S/c1-29(27,28)24-10-8-23(9-11-24)19(26)17(6-7-20)22-18(25)15-12-14-4-2-3-5-16(14)21-13-15/h2-5,12-13,17H,6-11,20H2,1H3,(H,22,25)/t17-/m0/s1. The molecule has 1 aliphatic heterocycles. The van der Waals surface area contributed by atoms with Crippen molar-refractivity contribution in [1.29, 1.82) is 0 Å². The normalized spacial score (nSPS) is 16.6. The fourth-order valence-corrected chi connectivity index (χ4v) is 4.15. The van der Waals surface area contributed by atoms with Gasteiger partial charge in [-0.2, -0.15) is 4.31 Å². The number of hydrogen-bond donors (Lipinski definition) is 2. The number of carbonyl (C=O) groups excluding carboxylic acids is 2. The van der Waals surface area contributed by atoms with Crippen LogP contribution in [0, 0.1) is 0 Å². The third-order valence-corrected chi connectivity index (χ3v) is 6.23. The van der Waals surface area contributed by atoms with Crippen LogP contribution in [0.5, 0.6) is 0 Å². The molecule has 0 bridgehead atoms. The lowest BCUT2D eigenvalue weighted by molar-refractivity contribution is -0.134. The van der Waals surface area contributed by atoms with Crippen molar-refractivity contribution >= 4 is 32.7 Å². The Hall–Kier alpha value is -2.56. The molecule has 2 heterocycles. The third-order valence-electron chi connectivity index (χ3n) is 4.93. The van der Waals surface area contributed by atoms with Gasteiger partial charge in [-0.05, 0) is 25.1 Å². The molecule has 29 heavy (non-hydrogen) atoms. The van der Waals surface area contributed by atoms with E-state index in [0.29, 0.717) is 5.56 Å². The van der Waals surface area contributed by atoms with Gasteiger partial charge in [-0.15, -0.1) is 0 Å². The van der Waals surface area contributed by atoms with E-state index >= 15 is 0 Å². The van der Waals surface area contributed by atoms with E-state index < -0.39 is 22.0 Å². The number of nitrogens with two attached hydrogens (primary N) is 1. The minimum Gasteiger partial charge on any atom is -0.340 e. The monoisotopic (exact) mass is 419 g/mol. The highest BCUT2D eigenvalue weighted by atomic mass is 32.2. The summed E-state index contributed by atoms with van der Waals surface area (Å²) in [5, 5.41) is 3.59. The number of para-hydroxylation sites is 1. The topological polar surface area (TPSA) is 126 Å². The maximum absolute atomic E-state index is 12.9. The van der Waals surface area contributed by atoms with Gasteiger partial charge < -0.3 is 16.0 Å². The number of amides is 2. The van der Waals surface area contributed by atoms with E-state index in [9.17, 15) is 18.0 Å².